The Labute approximate surface area is 104 Å². The Morgan fingerprint density at radius 2 is 1.82 bits per heavy atom. The zero-order chi connectivity index (χ0) is 12.3. The summed E-state index contributed by atoms with van der Waals surface area (Å²) in [5.74, 6) is 0. The number of benzene rings is 2. The van der Waals surface area contributed by atoms with Crippen LogP contribution in [0.3, 0.4) is 0 Å². The molecule has 5 heteroatoms. The van der Waals surface area contributed by atoms with Crippen molar-refractivity contribution in [2.45, 2.75) is 4.90 Å². The topological polar surface area (TPSA) is 55.2 Å². The zero-order valence-electron chi connectivity index (χ0n) is 8.83. The fourth-order valence-electron chi connectivity index (χ4n) is 1.45. The van der Waals surface area contributed by atoms with E-state index < -0.39 is 4.92 Å². The zero-order valence-corrected chi connectivity index (χ0v) is 9.72. The minimum atomic E-state index is -0.426. The largest absolute Gasteiger partial charge is 0.350 e. The molecule has 0 bridgehead atoms. The van der Waals surface area contributed by atoms with Crippen LogP contribution >= 0.6 is 12.6 Å². The third-order valence-corrected chi connectivity index (χ3v) is 2.51. The number of nitro benzene ring substituents is 1. The van der Waals surface area contributed by atoms with Crippen LogP contribution < -0.4 is 5.32 Å². The Kier molecular flexibility index (Phi) is 3.30. The standard InChI is InChI=1S/C12H10N2O2S/c15-14(16)12-8-10(17)6-7-11(12)13-9-4-2-1-3-5-9/h1-8,13,17H. The Hall–Kier alpha value is -2.01. The van der Waals surface area contributed by atoms with Crippen molar-refractivity contribution in [3.8, 4) is 0 Å². The molecule has 4 nitrogen and oxygen atoms in total. The molecular weight excluding hydrogens is 236 g/mol. The number of hydrogen-bond donors (Lipinski definition) is 2. The molecule has 2 aromatic carbocycles. The Balaban J connectivity index is 2.36. The molecule has 0 saturated heterocycles. The second-order valence-electron chi connectivity index (χ2n) is 3.45. The third kappa shape index (κ3) is 2.76. The summed E-state index contributed by atoms with van der Waals surface area (Å²) in [6.07, 6.45) is 0. The van der Waals surface area contributed by atoms with Crippen molar-refractivity contribution < 1.29 is 4.92 Å². The lowest BCUT2D eigenvalue weighted by Gasteiger charge is -2.07. The van der Waals surface area contributed by atoms with Crippen LogP contribution in [0, 0.1) is 10.1 Å². The first-order valence-electron chi connectivity index (χ1n) is 4.96. The molecule has 0 aliphatic heterocycles. The first kappa shape index (κ1) is 11.5. The highest BCUT2D eigenvalue weighted by molar-refractivity contribution is 7.80. The second-order valence-corrected chi connectivity index (χ2v) is 3.97. The third-order valence-electron chi connectivity index (χ3n) is 2.23. The average molecular weight is 246 g/mol. The molecule has 2 aromatic rings. The summed E-state index contributed by atoms with van der Waals surface area (Å²) < 4.78 is 0. The smallest absolute Gasteiger partial charge is 0.293 e. The number of nitrogens with zero attached hydrogens (tertiary/aromatic N) is 1. The quantitative estimate of drug-likeness (QED) is 0.494. The van der Waals surface area contributed by atoms with Gasteiger partial charge in [-0.25, -0.2) is 0 Å². The van der Waals surface area contributed by atoms with Gasteiger partial charge in [-0.1, -0.05) is 18.2 Å². The maximum Gasteiger partial charge on any atom is 0.293 e. The minimum absolute atomic E-state index is 0.0151. The molecule has 17 heavy (non-hydrogen) atoms. The lowest BCUT2D eigenvalue weighted by Crippen LogP contribution is -1.96. The molecule has 0 saturated carbocycles. The van der Waals surface area contributed by atoms with Gasteiger partial charge >= 0.3 is 0 Å². The van der Waals surface area contributed by atoms with E-state index in [1.165, 1.54) is 6.07 Å². The normalized spacial score (nSPS) is 9.94. The van der Waals surface area contributed by atoms with Gasteiger partial charge in [0.1, 0.15) is 5.69 Å². The lowest BCUT2D eigenvalue weighted by molar-refractivity contribution is -0.384. The molecule has 1 N–H and O–H groups in total. The molecule has 0 amide bonds. The molecule has 0 heterocycles. The van der Waals surface area contributed by atoms with E-state index in [1.807, 2.05) is 30.3 Å². The summed E-state index contributed by atoms with van der Waals surface area (Å²) in [7, 11) is 0. The van der Waals surface area contributed by atoms with Crippen LogP contribution in [0.4, 0.5) is 17.1 Å². The van der Waals surface area contributed by atoms with Crippen LogP contribution in [0.25, 0.3) is 0 Å². The monoisotopic (exact) mass is 246 g/mol. The van der Waals surface area contributed by atoms with Crippen LogP contribution in [0.2, 0.25) is 0 Å². The van der Waals surface area contributed by atoms with E-state index >= 15 is 0 Å². The predicted octanol–water partition coefficient (Wildman–Crippen LogP) is 3.63. The van der Waals surface area contributed by atoms with Crippen molar-refractivity contribution >= 4 is 29.7 Å². The number of nitro groups is 1. The van der Waals surface area contributed by atoms with Crippen LogP contribution in [0.1, 0.15) is 0 Å². The van der Waals surface area contributed by atoms with Crippen molar-refractivity contribution in [1.29, 1.82) is 0 Å². The predicted molar refractivity (Wildman–Crippen MR) is 70.1 cm³/mol. The summed E-state index contributed by atoms with van der Waals surface area (Å²) in [6.45, 7) is 0. The number of rotatable bonds is 3. The molecule has 0 aromatic heterocycles. The van der Waals surface area contributed by atoms with Gasteiger partial charge in [0.05, 0.1) is 4.92 Å². The first-order chi connectivity index (χ1) is 8.16. The molecule has 0 atom stereocenters. The highest BCUT2D eigenvalue weighted by Gasteiger charge is 2.13. The maximum atomic E-state index is 10.9. The lowest BCUT2D eigenvalue weighted by atomic mass is 10.2. The molecule has 0 spiro atoms. The molecular formula is C12H10N2O2S. The van der Waals surface area contributed by atoms with Crippen LogP contribution in [0.15, 0.2) is 53.4 Å². The number of hydrogen-bond acceptors (Lipinski definition) is 4. The molecule has 2 rings (SSSR count). The average Bonchev–Trinajstić information content (AvgIpc) is 2.32. The van der Waals surface area contributed by atoms with Gasteiger partial charge in [0.15, 0.2) is 0 Å². The molecule has 0 fully saturated rings. The van der Waals surface area contributed by atoms with Gasteiger partial charge in [0, 0.05) is 16.6 Å². The van der Waals surface area contributed by atoms with E-state index in [1.54, 1.807) is 12.1 Å². The van der Waals surface area contributed by atoms with Gasteiger partial charge in [-0.05, 0) is 24.3 Å². The highest BCUT2D eigenvalue weighted by atomic mass is 32.1. The number of anilines is 2. The van der Waals surface area contributed by atoms with E-state index in [0.29, 0.717) is 10.6 Å². The van der Waals surface area contributed by atoms with Crippen molar-refractivity contribution in [3.05, 3.63) is 58.6 Å². The van der Waals surface area contributed by atoms with Crippen LogP contribution in [-0.2, 0) is 0 Å². The van der Waals surface area contributed by atoms with E-state index in [9.17, 15) is 10.1 Å². The number of nitrogens with one attached hydrogen (secondary N) is 1. The van der Waals surface area contributed by atoms with Crippen LogP contribution in [0.5, 0.6) is 0 Å². The summed E-state index contributed by atoms with van der Waals surface area (Å²) in [5, 5.41) is 13.9. The Morgan fingerprint density at radius 3 is 2.47 bits per heavy atom. The molecule has 0 unspecified atom stereocenters. The van der Waals surface area contributed by atoms with E-state index in [-0.39, 0.29) is 5.69 Å². The van der Waals surface area contributed by atoms with Gasteiger partial charge in [-0.15, -0.1) is 12.6 Å². The molecule has 0 aliphatic carbocycles. The highest BCUT2D eigenvalue weighted by Crippen LogP contribution is 2.29. The SMILES string of the molecule is O=[N+]([O-])c1cc(S)ccc1Nc1ccccc1. The summed E-state index contributed by atoms with van der Waals surface area (Å²) in [5.41, 5.74) is 1.28. The van der Waals surface area contributed by atoms with Gasteiger partial charge in [-0.3, -0.25) is 10.1 Å². The second kappa shape index (κ2) is 4.88. The fourth-order valence-corrected chi connectivity index (χ4v) is 1.65. The minimum Gasteiger partial charge on any atom is -0.350 e. The summed E-state index contributed by atoms with van der Waals surface area (Å²) in [4.78, 5) is 11.0. The van der Waals surface area contributed by atoms with Gasteiger partial charge < -0.3 is 5.32 Å². The molecule has 0 radical (unpaired) electrons. The summed E-state index contributed by atoms with van der Waals surface area (Å²) in [6, 6.07) is 14.1. The first-order valence-corrected chi connectivity index (χ1v) is 5.41. The Morgan fingerprint density at radius 1 is 1.12 bits per heavy atom. The van der Waals surface area contributed by atoms with E-state index in [0.717, 1.165) is 5.69 Å². The van der Waals surface area contributed by atoms with E-state index in [4.69, 9.17) is 0 Å². The van der Waals surface area contributed by atoms with Crippen molar-refractivity contribution in [3.63, 3.8) is 0 Å². The van der Waals surface area contributed by atoms with Crippen molar-refractivity contribution in [2.75, 3.05) is 5.32 Å². The van der Waals surface area contributed by atoms with Gasteiger partial charge in [0.2, 0.25) is 0 Å². The maximum absolute atomic E-state index is 10.9. The van der Waals surface area contributed by atoms with Crippen molar-refractivity contribution in [1.82, 2.24) is 0 Å². The van der Waals surface area contributed by atoms with Gasteiger partial charge in [0.25, 0.3) is 5.69 Å². The van der Waals surface area contributed by atoms with Crippen LogP contribution in [-0.4, -0.2) is 4.92 Å². The molecule has 0 aliphatic rings. The number of thiol groups is 1. The number of para-hydroxylation sites is 1. The Bertz CT molecular complexity index is 543. The molecule has 86 valence electrons. The van der Waals surface area contributed by atoms with Gasteiger partial charge in [-0.2, -0.15) is 0 Å². The fraction of sp³-hybridized carbons (Fsp3) is 0. The van der Waals surface area contributed by atoms with Crippen molar-refractivity contribution in [2.24, 2.45) is 0 Å². The summed E-state index contributed by atoms with van der Waals surface area (Å²) >= 11 is 4.09. The van der Waals surface area contributed by atoms with E-state index in [2.05, 4.69) is 17.9 Å².